The molecule has 2 nitrogen and oxygen atoms in total. The minimum atomic E-state index is 0.278. The molecule has 0 spiro atoms. The van der Waals surface area contributed by atoms with E-state index in [1.807, 2.05) is 0 Å². The summed E-state index contributed by atoms with van der Waals surface area (Å²) >= 11 is 1.56. The fraction of sp³-hybridized carbons (Fsp3) is 1.00. The quantitative estimate of drug-likeness (QED) is 0.443. The maximum atomic E-state index is 3.82. The molecule has 0 saturated heterocycles. The van der Waals surface area contributed by atoms with Gasteiger partial charge < -0.3 is 0 Å². The molecule has 0 N–H and O–H groups in total. The Morgan fingerprint density at radius 1 is 1.57 bits per heavy atom. The third kappa shape index (κ3) is 1.16. The number of hydrogen-bond acceptors (Lipinski definition) is 3. The van der Waals surface area contributed by atoms with Crippen molar-refractivity contribution in [1.82, 2.24) is 0 Å². The molecule has 0 radical (unpaired) electrons. The van der Waals surface area contributed by atoms with Gasteiger partial charge in [-0.2, -0.15) is 5.11 Å². The Bertz CT molecular complexity index is 87.9. The van der Waals surface area contributed by atoms with Gasteiger partial charge in [-0.25, -0.2) is 0 Å². The van der Waals surface area contributed by atoms with Crippen LogP contribution in [0.4, 0.5) is 0 Å². The summed E-state index contributed by atoms with van der Waals surface area (Å²) in [5.41, 5.74) is 0. The molecule has 0 bridgehead atoms. The molecule has 0 saturated carbocycles. The van der Waals surface area contributed by atoms with E-state index >= 15 is 0 Å². The van der Waals surface area contributed by atoms with Crippen LogP contribution in [-0.4, -0.2) is 11.3 Å². The lowest BCUT2D eigenvalue weighted by Gasteiger charge is -2.08. The number of hydrogen-bond donors (Lipinski definition) is 0. The van der Waals surface area contributed by atoms with Gasteiger partial charge in [-0.3, -0.25) is 0 Å². The van der Waals surface area contributed by atoms with E-state index < -0.39 is 0 Å². The lowest BCUT2D eigenvalue weighted by molar-refractivity contribution is 0.736. The van der Waals surface area contributed by atoms with Crippen molar-refractivity contribution in [3.63, 3.8) is 0 Å². The van der Waals surface area contributed by atoms with Gasteiger partial charge in [-0.05, 0) is 13.8 Å². The van der Waals surface area contributed by atoms with Crippen LogP contribution in [0.3, 0.4) is 0 Å². The van der Waals surface area contributed by atoms with Crippen molar-refractivity contribution in [3.8, 4) is 0 Å². The number of rotatable bonds is 0. The van der Waals surface area contributed by atoms with Crippen LogP contribution in [0.15, 0.2) is 9.63 Å². The molecule has 0 aliphatic carbocycles. The van der Waals surface area contributed by atoms with Crippen LogP contribution < -0.4 is 0 Å². The Hall–Kier alpha value is -0.0500. The first kappa shape index (κ1) is 5.09. The second kappa shape index (κ2) is 1.47. The molecular formula is C4H8N2S. The van der Waals surface area contributed by atoms with E-state index in [1.54, 1.807) is 11.9 Å². The molecular weight excluding hydrogens is 108 g/mol. The molecule has 1 aliphatic rings. The molecule has 0 aromatic carbocycles. The second-order valence-electron chi connectivity index (χ2n) is 2.23. The fourth-order valence-electron chi connectivity index (χ4n) is 0.367. The number of nitrogens with zero attached hydrogens (tertiary/aromatic N) is 2. The van der Waals surface area contributed by atoms with E-state index in [0.29, 0.717) is 0 Å². The zero-order valence-corrected chi connectivity index (χ0v) is 5.33. The standard InChI is InChI=1S/C4H8N2S/c1-4(2)3-5-6-7-4/h3H2,1-2H3. The van der Waals surface area contributed by atoms with Gasteiger partial charge in [0, 0.05) is 11.9 Å². The lowest BCUT2D eigenvalue weighted by atomic mass is 10.2. The fourth-order valence-corrected chi connectivity index (χ4v) is 0.819. The van der Waals surface area contributed by atoms with Crippen molar-refractivity contribution in [2.45, 2.75) is 18.6 Å². The highest BCUT2D eigenvalue weighted by Gasteiger charge is 2.22. The third-order valence-electron chi connectivity index (χ3n) is 0.797. The van der Waals surface area contributed by atoms with Crippen molar-refractivity contribution in [2.75, 3.05) is 6.54 Å². The average Bonchev–Trinajstić information content (AvgIpc) is 1.84. The van der Waals surface area contributed by atoms with Crippen LogP contribution in [-0.2, 0) is 0 Å². The molecule has 0 aromatic rings. The lowest BCUT2D eigenvalue weighted by Crippen LogP contribution is -2.13. The Labute approximate surface area is 47.5 Å². The van der Waals surface area contributed by atoms with E-state index in [-0.39, 0.29) is 4.75 Å². The van der Waals surface area contributed by atoms with Crippen LogP contribution in [0.2, 0.25) is 0 Å². The highest BCUT2D eigenvalue weighted by atomic mass is 32.2. The zero-order chi connectivity index (χ0) is 5.33. The van der Waals surface area contributed by atoms with Gasteiger partial charge >= 0.3 is 0 Å². The molecule has 0 aromatic heterocycles. The van der Waals surface area contributed by atoms with Crippen LogP contribution in [0, 0.1) is 0 Å². The van der Waals surface area contributed by atoms with Gasteiger partial charge in [0.1, 0.15) is 0 Å². The molecule has 1 aliphatic heterocycles. The smallest absolute Gasteiger partial charge is 0.0769 e. The third-order valence-corrected chi connectivity index (χ3v) is 1.62. The maximum absolute atomic E-state index is 3.82. The Kier molecular flexibility index (Phi) is 1.07. The minimum Gasteiger partial charge on any atom is -0.180 e. The van der Waals surface area contributed by atoms with Crippen molar-refractivity contribution in [3.05, 3.63) is 0 Å². The van der Waals surface area contributed by atoms with Crippen molar-refractivity contribution in [1.29, 1.82) is 0 Å². The van der Waals surface area contributed by atoms with Gasteiger partial charge in [-0.1, -0.05) is 0 Å². The Morgan fingerprint density at radius 2 is 2.29 bits per heavy atom. The molecule has 7 heavy (non-hydrogen) atoms. The molecule has 0 amide bonds. The van der Waals surface area contributed by atoms with E-state index in [0.717, 1.165) is 6.54 Å². The van der Waals surface area contributed by atoms with Gasteiger partial charge in [0.2, 0.25) is 0 Å². The maximum Gasteiger partial charge on any atom is 0.0769 e. The first-order valence-electron chi connectivity index (χ1n) is 2.26. The highest BCUT2D eigenvalue weighted by molar-refractivity contribution is 7.99. The van der Waals surface area contributed by atoms with E-state index in [1.165, 1.54) is 0 Å². The van der Waals surface area contributed by atoms with E-state index in [2.05, 4.69) is 23.5 Å². The van der Waals surface area contributed by atoms with Gasteiger partial charge in [0.25, 0.3) is 0 Å². The SMILES string of the molecule is CC1(C)CN=NS1. The van der Waals surface area contributed by atoms with Crippen molar-refractivity contribution in [2.24, 2.45) is 9.63 Å². The van der Waals surface area contributed by atoms with Crippen molar-refractivity contribution < 1.29 is 0 Å². The summed E-state index contributed by atoms with van der Waals surface area (Å²) in [5, 5.41) is 3.82. The van der Waals surface area contributed by atoms with Crippen molar-refractivity contribution >= 4 is 11.9 Å². The summed E-state index contributed by atoms with van der Waals surface area (Å²) in [6.45, 7) is 5.15. The predicted molar refractivity (Wildman–Crippen MR) is 31.4 cm³/mol. The second-order valence-corrected chi connectivity index (χ2v) is 3.68. The summed E-state index contributed by atoms with van der Waals surface area (Å²) in [6.07, 6.45) is 0. The summed E-state index contributed by atoms with van der Waals surface area (Å²) in [7, 11) is 0. The van der Waals surface area contributed by atoms with Gasteiger partial charge in [0.05, 0.1) is 11.3 Å². The minimum absolute atomic E-state index is 0.278. The summed E-state index contributed by atoms with van der Waals surface area (Å²) in [6, 6.07) is 0. The molecule has 1 heterocycles. The summed E-state index contributed by atoms with van der Waals surface area (Å²) in [4.78, 5) is 0. The van der Waals surface area contributed by atoms with Crippen LogP contribution in [0.25, 0.3) is 0 Å². The van der Waals surface area contributed by atoms with Gasteiger partial charge in [-0.15, -0.1) is 4.52 Å². The topological polar surface area (TPSA) is 24.7 Å². The van der Waals surface area contributed by atoms with E-state index in [9.17, 15) is 0 Å². The molecule has 1 rings (SSSR count). The molecule has 3 heteroatoms. The largest absolute Gasteiger partial charge is 0.180 e. The molecule has 40 valence electrons. The first-order valence-corrected chi connectivity index (χ1v) is 3.03. The molecule has 0 unspecified atom stereocenters. The van der Waals surface area contributed by atoms with Crippen LogP contribution >= 0.6 is 11.9 Å². The average molecular weight is 116 g/mol. The Balaban J connectivity index is 2.49. The van der Waals surface area contributed by atoms with Crippen LogP contribution in [0.1, 0.15) is 13.8 Å². The zero-order valence-electron chi connectivity index (χ0n) is 4.51. The summed E-state index contributed by atoms with van der Waals surface area (Å²) < 4.78 is 4.06. The molecule has 0 atom stereocenters. The first-order chi connectivity index (χ1) is 3.21. The monoisotopic (exact) mass is 116 g/mol. The van der Waals surface area contributed by atoms with Gasteiger partial charge in [0.15, 0.2) is 0 Å². The highest BCUT2D eigenvalue weighted by Crippen LogP contribution is 2.30. The normalized spacial score (nSPS) is 26.0. The summed E-state index contributed by atoms with van der Waals surface area (Å²) in [5.74, 6) is 0. The van der Waals surface area contributed by atoms with Crippen LogP contribution in [0.5, 0.6) is 0 Å². The molecule has 0 fully saturated rings. The predicted octanol–water partition coefficient (Wildman–Crippen LogP) is 1.88. The Morgan fingerprint density at radius 3 is 2.43 bits per heavy atom. The van der Waals surface area contributed by atoms with E-state index in [4.69, 9.17) is 0 Å².